The number of rotatable bonds is 20. The first-order valence-corrected chi connectivity index (χ1v) is 19.4. The first-order chi connectivity index (χ1) is 25.6. The fraction of sp³-hybridized carbons (Fsp3) is 0.386. The van der Waals surface area contributed by atoms with Crippen LogP contribution in [0.1, 0.15) is 106 Å². The summed E-state index contributed by atoms with van der Waals surface area (Å²) in [5.41, 5.74) is 3.89. The van der Waals surface area contributed by atoms with Gasteiger partial charge in [0.05, 0.1) is 34.4 Å². The van der Waals surface area contributed by atoms with E-state index in [0.717, 1.165) is 36.0 Å². The van der Waals surface area contributed by atoms with Crippen molar-refractivity contribution in [3.63, 3.8) is 0 Å². The van der Waals surface area contributed by atoms with Gasteiger partial charge in [0, 0.05) is 11.6 Å². The van der Waals surface area contributed by atoms with Gasteiger partial charge in [0.15, 0.2) is 6.10 Å². The average Bonchev–Trinajstić information content (AvgIpc) is 3.16. The number of ether oxygens (including phenoxy) is 4. The highest BCUT2D eigenvalue weighted by atomic mass is 35.5. The zero-order valence-corrected chi connectivity index (χ0v) is 32.6. The lowest BCUT2D eigenvalue weighted by molar-refractivity contribution is -0.154. The predicted octanol–water partition coefficient (Wildman–Crippen LogP) is 12.2. The number of benzene rings is 4. The largest absolute Gasteiger partial charge is 0.492 e. The highest BCUT2D eigenvalue weighted by Crippen LogP contribution is 2.33. The molecule has 0 amide bonds. The molecule has 0 fully saturated rings. The Labute approximate surface area is 323 Å². The van der Waals surface area contributed by atoms with Crippen molar-refractivity contribution in [2.75, 3.05) is 13.2 Å². The third-order valence-corrected chi connectivity index (χ3v) is 9.65. The Kier molecular flexibility index (Phi) is 16.7. The summed E-state index contributed by atoms with van der Waals surface area (Å²) >= 11 is 13.1. The van der Waals surface area contributed by atoms with Crippen molar-refractivity contribution in [1.82, 2.24) is 0 Å². The zero-order chi connectivity index (χ0) is 38.2. The second-order valence-electron chi connectivity index (χ2n) is 13.3. The van der Waals surface area contributed by atoms with Crippen molar-refractivity contribution in [1.29, 1.82) is 0 Å². The van der Waals surface area contributed by atoms with Crippen LogP contribution < -0.4 is 9.47 Å². The Hall–Kier alpha value is -4.33. The maximum Gasteiger partial charge on any atom is 0.347 e. The fourth-order valence-corrected chi connectivity index (χ4v) is 6.01. The summed E-state index contributed by atoms with van der Waals surface area (Å²) in [6, 6.07) is 24.4. The third-order valence-electron chi connectivity index (χ3n) is 9.05. The van der Waals surface area contributed by atoms with E-state index >= 15 is 0 Å². The van der Waals surface area contributed by atoms with E-state index in [1.807, 2.05) is 44.2 Å². The fourth-order valence-electron chi connectivity index (χ4n) is 5.50. The second-order valence-corrected chi connectivity index (χ2v) is 14.2. The van der Waals surface area contributed by atoms with Crippen molar-refractivity contribution < 1.29 is 33.3 Å². The molecule has 0 N–H and O–H groups in total. The van der Waals surface area contributed by atoms with E-state index < -0.39 is 24.0 Å². The highest BCUT2D eigenvalue weighted by Gasteiger charge is 2.21. The molecule has 4 aromatic carbocycles. The van der Waals surface area contributed by atoms with Crippen molar-refractivity contribution in [3.8, 4) is 33.8 Å². The Morgan fingerprint density at radius 3 is 1.87 bits per heavy atom. The molecule has 0 saturated heterocycles. The monoisotopic (exact) mass is 760 g/mol. The van der Waals surface area contributed by atoms with Crippen LogP contribution >= 0.6 is 23.2 Å². The molecular weight excluding hydrogens is 711 g/mol. The topological polar surface area (TPSA) is 88.1 Å². The summed E-state index contributed by atoms with van der Waals surface area (Å²) < 4.78 is 22.1. The Morgan fingerprint density at radius 2 is 1.25 bits per heavy atom. The molecule has 0 heterocycles. The molecule has 0 unspecified atom stereocenters. The zero-order valence-electron chi connectivity index (χ0n) is 31.1. The van der Waals surface area contributed by atoms with E-state index in [-0.39, 0.29) is 23.8 Å². The molecule has 0 aromatic heterocycles. The van der Waals surface area contributed by atoms with Crippen LogP contribution in [0.15, 0.2) is 84.9 Å². The minimum Gasteiger partial charge on any atom is -0.492 e. The summed E-state index contributed by atoms with van der Waals surface area (Å²) in [4.78, 5) is 37.8. The van der Waals surface area contributed by atoms with E-state index in [0.29, 0.717) is 33.5 Å². The highest BCUT2D eigenvalue weighted by molar-refractivity contribution is 6.33. The van der Waals surface area contributed by atoms with Crippen molar-refractivity contribution in [2.45, 2.75) is 91.6 Å². The first kappa shape index (κ1) is 41.4. The quantitative estimate of drug-likeness (QED) is 0.0503. The van der Waals surface area contributed by atoms with Crippen LogP contribution in [0.3, 0.4) is 0 Å². The molecule has 0 bridgehead atoms. The minimum absolute atomic E-state index is 0.227. The van der Waals surface area contributed by atoms with Gasteiger partial charge in [0.1, 0.15) is 11.5 Å². The van der Waals surface area contributed by atoms with Gasteiger partial charge in [-0.15, -0.1) is 0 Å². The molecule has 282 valence electrons. The SMILES string of the molecule is CCCCCCCCCCOc1ccc(-c2ccc(C(=O)Oc3ccc(-c4ccc(C(=O)O[C@@H](C)C(=O)OC[C@@H](C)CC)cc4)c(Cl)c3)cc2)cc1Cl. The predicted molar refractivity (Wildman–Crippen MR) is 212 cm³/mol. The van der Waals surface area contributed by atoms with E-state index in [1.54, 1.807) is 54.6 Å². The maximum absolute atomic E-state index is 13.0. The minimum atomic E-state index is -1.03. The number of halogens is 2. The number of hydrogen-bond donors (Lipinski definition) is 0. The molecule has 4 rings (SSSR count). The standard InChI is InChI=1S/C44H50Cl2O7/c1-5-7-8-9-10-11-12-13-26-50-41-25-22-36(27-40(41)46)32-14-18-35(19-15-32)44(49)53-37-23-24-38(39(45)28-37)33-16-20-34(21-17-33)43(48)52-31(4)42(47)51-29-30(3)6-2/h14-25,27-28,30-31H,5-13,26,29H2,1-4H3/t30-,31-/m0/s1. The molecule has 0 saturated carbocycles. The lowest BCUT2D eigenvalue weighted by Gasteiger charge is -2.15. The maximum atomic E-state index is 13.0. The van der Waals surface area contributed by atoms with Gasteiger partial charge in [-0.05, 0) is 84.5 Å². The molecule has 7 nitrogen and oxygen atoms in total. The van der Waals surface area contributed by atoms with Crippen molar-refractivity contribution >= 4 is 41.1 Å². The molecule has 0 aliphatic heterocycles. The molecular formula is C44H50Cl2O7. The second kappa shape index (κ2) is 21.4. The summed E-state index contributed by atoms with van der Waals surface area (Å²) in [5.74, 6) is -0.558. The van der Waals surface area contributed by atoms with E-state index in [2.05, 4.69) is 6.92 Å². The molecule has 0 radical (unpaired) electrons. The number of carbonyl (C=O) groups excluding carboxylic acids is 3. The van der Waals surface area contributed by atoms with Gasteiger partial charge in [-0.2, -0.15) is 0 Å². The van der Waals surface area contributed by atoms with Crippen LogP contribution in [0.2, 0.25) is 10.0 Å². The van der Waals surface area contributed by atoms with Crippen molar-refractivity contribution in [3.05, 3.63) is 106 Å². The van der Waals surface area contributed by atoms with E-state index in [1.165, 1.54) is 45.4 Å². The molecule has 9 heteroatoms. The Balaban J connectivity index is 1.27. The summed E-state index contributed by atoms with van der Waals surface area (Å²) in [6.45, 7) is 8.63. The third kappa shape index (κ3) is 12.9. The lowest BCUT2D eigenvalue weighted by atomic mass is 10.0. The van der Waals surface area contributed by atoms with Gasteiger partial charge in [-0.1, -0.05) is 126 Å². The smallest absolute Gasteiger partial charge is 0.347 e. The van der Waals surface area contributed by atoms with Gasteiger partial charge in [0.2, 0.25) is 0 Å². The van der Waals surface area contributed by atoms with Crippen LogP contribution in [0, 0.1) is 5.92 Å². The Morgan fingerprint density at radius 1 is 0.642 bits per heavy atom. The molecule has 0 spiro atoms. The van der Waals surface area contributed by atoms with Gasteiger partial charge in [0.25, 0.3) is 0 Å². The molecule has 0 aliphatic rings. The van der Waals surface area contributed by atoms with Crippen LogP contribution in [-0.4, -0.2) is 37.2 Å². The normalized spacial score (nSPS) is 12.1. The van der Waals surface area contributed by atoms with Crippen LogP contribution in [0.5, 0.6) is 11.5 Å². The van der Waals surface area contributed by atoms with Crippen LogP contribution in [-0.2, 0) is 14.3 Å². The van der Waals surface area contributed by atoms with Gasteiger partial charge >= 0.3 is 17.9 Å². The van der Waals surface area contributed by atoms with Crippen LogP contribution in [0.25, 0.3) is 22.3 Å². The van der Waals surface area contributed by atoms with Crippen LogP contribution in [0.4, 0.5) is 0 Å². The number of hydrogen-bond acceptors (Lipinski definition) is 7. The molecule has 0 aliphatic carbocycles. The Bertz CT molecular complexity index is 1790. The van der Waals surface area contributed by atoms with E-state index in [4.69, 9.17) is 42.1 Å². The van der Waals surface area contributed by atoms with Gasteiger partial charge < -0.3 is 18.9 Å². The molecule has 53 heavy (non-hydrogen) atoms. The summed E-state index contributed by atoms with van der Waals surface area (Å²) in [5, 5.41) is 0.909. The molecule has 4 aromatic rings. The summed E-state index contributed by atoms with van der Waals surface area (Å²) in [7, 11) is 0. The summed E-state index contributed by atoms with van der Waals surface area (Å²) in [6.07, 6.45) is 9.78. The van der Waals surface area contributed by atoms with Gasteiger partial charge in [-0.3, -0.25) is 0 Å². The van der Waals surface area contributed by atoms with E-state index in [9.17, 15) is 14.4 Å². The number of carbonyl (C=O) groups is 3. The lowest BCUT2D eigenvalue weighted by Crippen LogP contribution is -2.27. The van der Waals surface area contributed by atoms with Crippen molar-refractivity contribution in [2.24, 2.45) is 5.92 Å². The number of unbranched alkanes of at least 4 members (excludes halogenated alkanes) is 7. The molecule has 2 atom stereocenters. The van der Waals surface area contributed by atoms with Gasteiger partial charge in [-0.25, -0.2) is 14.4 Å². The number of esters is 3. The average molecular weight is 762 g/mol. The first-order valence-electron chi connectivity index (χ1n) is 18.6.